The third kappa shape index (κ3) is 8.62. The summed E-state index contributed by atoms with van der Waals surface area (Å²) in [5.74, 6) is -0.278. The summed E-state index contributed by atoms with van der Waals surface area (Å²) in [6, 6.07) is 13.2. The Morgan fingerprint density at radius 2 is 1.67 bits per heavy atom. The largest absolute Gasteiger partial charge is 0.491 e. The van der Waals surface area contributed by atoms with Gasteiger partial charge >= 0.3 is 0 Å². The molecule has 0 bridgehead atoms. The summed E-state index contributed by atoms with van der Waals surface area (Å²) in [4.78, 5) is 37.3. The van der Waals surface area contributed by atoms with E-state index in [1.165, 1.54) is 6.42 Å². The predicted octanol–water partition coefficient (Wildman–Crippen LogP) is 3.57. The third-order valence-corrected chi connectivity index (χ3v) is 5.91. The maximum atomic E-state index is 12.5. The Balaban J connectivity index is 1.43. The average Bonchev–Trinajstić information content (AvgIpc) is 2.91. The number of benzene rings is 2. The number of hydrazine groups is 1. The molecule has 1 aliphatic carbocycles. The normalized spacial score (nSPS) is 13.4. The van der Waals surface area contributed by atoms with E-state index in [1.807, 2.05) is 6.92 Å². The smallest absolute Gasteiger partial charge is 0.269 e. The van der Waals surface area contributed by atoms with Gasteiger partial charge in [0.1, 0.15) is 12.4 Å². The summed E-state index contributed by atoms with van der Waals surface area (Å²) < 4.78 is 10.8. The van der Waals surface area contributed by atoms with Crippen LogP contribution in [0.25, 0.3) is 0 Å². The number of hydrogen-bond acceptors (Lipinski definition) is 6. The lowest BCUT2D eigenvalue weighted by molar-refractivity contribution is -0.120. The molecule has 3 amide bonds. The van der Waals surface area contributed by atoms with Crippen molar-refractivity contribution in [2.45, 2.75) is 39.0 Å². The van der Waals surface area contributed by atoms with E-state index < -0.39 is 11.8 Å². The van der Waals surface area contributed by atoms with Crippen molar-refractivity contribution in [2.75, 3.05) is 25.1 Å². The zero-order valence-electron chi connectivity index (χ0n) is 20.3. The van der Waals surface area contributed by atoms with Crippen LogP contribution in [-0.2, 0) is 9.53 Å². The third-order valence-electron chi connectivity index (χ3n) is 5.70. The number of ether oxygens (including phenoxy) is 2. The molecule has 0 spiro atoms. The minimum absolute atomic E-state index is 0.0252. The Bertz CT molecular complexity index is 1050. The van der Waals surface area contributed by atoms with Gasteiger partial charge in [-0.15, -0.1) is 0 Å². The van der Waals surface area contributed by atoms with Gasteiger partial charge in [0.05, 0.1) is 6.61 Å². The monoisotopic (exact) mass is 512 g/mol. The van der Waals surface area contributed by atoms with Crippen LogP contribution in [0.1, 0.15) is 59.7 Å². The molecule has 0 saturated heterocycles. The molecule has 0 radical (unpaired) electrons. The summed E-state index contributed by atoms with van der Waals surface area (Å²) >= 11 is 5.11. The minimum atomic E-state index is -0.449. The zero-order valence-corrected chi connectivity index (χ0v) is 21.1. The zero-order chi connectivity index (χ0) is 25.8. The number of thiocarbonyl (C=S) groups is 1. The molecule has 192 valence electrons. The highest BCUT2D eigenvalue weighted by Gasteiger charge is 2.21. The van der Waals surface area contributed by atoms with Crippen LogP contribution in [0.2, 0.25) is 0 Å². The van der Waals surface area contributed by atoms with Gasteiger partial charge in [-0.2, -0.15) is 0 Å². The molecule has 0 aliphatic heterocycles. The Labute approximate surface area is 216 Å². The van der Waals surface area contributed by atoms with Gasteiger partial charge in [0.2, 0.25) is 5.91 Å². The second-order valence-electron chi connectivity index (χ2n) is 8.34. The molecule has 2 aromatic rings. The Hall–Kier alpha value is -3.50. The lowest BCUT2D eigenvalue weighted by Gasteiger charge is -2.20. The van der Waals surface area contributed by atoms with Crippen molar-refractivity contribution in [2.24, 2.45) is 5.92 Å². The van der Waals surface area contributed by atoms with Crippen molar-refractivity contribution >= 4 is 40.7 Å². The summed E-state index contributed by atoms with van der Waals surface area (Å²) in [5.41, 5.74) is 6.32. The first kappa shape index (κ1) is 27.1. The molecule has 0 aromatic heterocycles. The van der Waals surface area contributed by atoms with Gasteiger partial charge in [0.25, 0.3) is 11.8 Å². The van der Waals surface area contributed by atoms with Crippen LogP contribution in [0.4, 0.5) is 5.69 Å². The van der Waals surface area contributed by atoms with Crippen molar-refractivity contribution in [3.63, 3.8) is 0 Å². The highest BCUT2D eigenvalue weighted by Crippen LogP contribution is 2.25. The summed E-state index contributed by atoms with van der Waals surface area (Å²) in [6.45, 7) is 3.34. The molecular formula is C26H32N4O5S. The lowest BCUT2D eigenvalue weighted by atomic mass is 9.88. The minimum Gasteiger partial charge on any atom is -0.491 e. The predicted molar refractivity (Wildman–Crippen MR) is 141 cm³/mol. The van der Waals surface area contributed by atoms with Crippen LogP contribution in [0, 0.1) is 5.92 Å². The molecule has 1 fully saturated rings. The van der Waals surface area contributed by atoms with Crippen molar-refractivity contribution in [3.8, 4) is 5.75 Å². The molecule has 1 saturated carbocycles. The first-order valence-electron chi connectivity index (χ1n) is 12.1. The quantitative estimate of drug-likeness (QED) is 0.230. The van der Waals surface area contributed by atoms with Gasteiger partial charge in [-0.05, 0) is 74.4 Å². The van der Waals surface area contributed by atoms with E-state index in [-0.39, 0.29) is 16.9 Å². The van der Waals surface area contributed by atoms with E-state index in [9.17, 15) is 14.4 Å². The fourth-order valence-corrected chi connectivity index (χ4v) is 3.94. The van der Waals surface area contributed by atoms with Gasteiger partial charge in [-0.25, -0.2) is 0 Å². The van der Waals surface area contributed by atoms with Crippen LogP contribution in [-0.4, -0.2) is 42.7 Å². The summed E-state index contributed by atoms with van der Waals surface area (Å²) in [6.07, 6.45) is 5.20. The maximum Gasteiger partial charge on any atom is 0.269 e. The number of carbonyl (C=O) groups excluding carboxylic acids is 3. The number of nitrogens with one attached hydrogen (secondary N) is 4. The molecular weight excluding hydrogens is 480 g/mol. The molecule has 0 unspecified atom stereocenters. The second kappa shape index (κ2) is 14.2. The molecule has 36 heavy (non-hydrogen) atoms. The summed E-state index contributed by atoms with van der Waals surface area (Å²) in [5, 5.41) is 5.36. The van der Waals surface area contributed by atoms with Gasteiger partial charge in [0, 0.05) is 29.3 Å². The van der Waals surface area contributed by atoms with E-state index in [0.29, 0.717) is 42.4 Å². The van der Waals surface area contributed by atoms with Crippen LogP contribution < -0.4 is 26.2 Å². The van der Waals surface area contributed by atoms with Gasteiger partial charge in [-0.3, -0.25) is 30.6 Å². The molecule has 1 aliphatic rings. The van der Waals surface area contributed by atoms with Crippen molar-refractivity contribution in [3.05, 3.63) is 59.7 Å². The molecule has 4 N–H and O–H groups in total. The Morgan fingerprint density at radius 1 is 0.917 bits per heavy atom. The van der Waals surface area contributed by atoms with Crippen LogP contribution in [0.3, 0.4) is 0 Å². The SMILES string of the molecule is CCOCCOc1cccc(C(=O)NC(=S)NNC(=O)c2ccc(NC(=O)C3CCCCC3)cc2)c1. The van der Waals surface area contributed by atoms with E-state index >= 15 is 0 Å². The van der Waals surface area contributed by atoms with Crippen LogP contribution in [0.15, 0.2) is 48.5 Å². The number of rotatable bonds is 9. The van der Waals surface area contributed by atoms with E-state index in [2.05, 4.69) is 21.5 Å². The van der Waals surface area contributed by atoms with E-state index in [4.69, 9.17) is 21.7 Å². The lowest BCUT2D eigenvalue weighted by Crippen LogP contribution is -2.48. The topological polar surface area (TPSA) is 118 Å². The fraction of sp³-hybridized carbons (Fsp3) is 0.385. The van der Waals surface area contributed by atoms with Crippen molar-refractivity contribution in [1.29, 1.82) is 0 Å². The Morgan fingerprint density at radius 3 is 2.39 bits per heavy atom. The molecule has 0 atom stereocenters. The number of carbonyl (C=O) groups is 3. The average molecular weight is 513 g/mol. The Kier molecular flexibility index (Phi) is 10.7. The number of hydrogen-bond donors (Lipinski definition) is 4. The standard InChI is InChI=1S/C26H32N4O5S/c1-2-34-15-16-35-22-10-6-9-20(17-22)24(32)28-26(36)30-29-25(33)19-11-13-21(14-12-19)27-23(31)18-7-4-3-5-8-18/h6,9-14,17-18H,2-5,7-8,15-16H2,1H3,(H,27,31)(H,29,33)(H2,28,30,32,36). The molecule has 3 rings (SSSR count). The molecule has 10 heteroatoms. The highest BCUT2D eigenvalue weighted by molar-refractivity contribution is 7.80. The number of amides is 3. The first-order chi connectivity index (χ1) is 17.5. The van der Waals surface area contributed by atoms with Gasteiger partial charge in [-0.1, -0.05) is 25.3 Å². The first-order valence-corrected chi connectivity index (χ1v) is 12.5. The van der Waals surface area contributed by atoms with E-state index in [1.54, 1.807) is 48.5 Å². The maximum absolute atomic E-state index is 12.5. The van der Waals surface area contributed by atoms with Crippen LogP contribution in [0.5, 0.6) is 5.75 Å². The fourth-order valence-electron chi connectivity index (χ4n) is 3.80. The molecule has 0 heterocycles. The second-order valence-corrected chi connectivity index (χ2v) is 8.75. The van der Waals surface area contributed by atoms with Gasteiger partial charge < -0.3 is 14.8 Å². The number of anilines is 1. The summed E-state index contributed by atoms with van der Waals surface area (Å²) in [7, 11) is 0. The van der Waals surface area contributed by atoms with Crippen LogP contribution >= 0.6 is 12.2 Å². The van der Waals surface area contributed by atoms with Crippen molar-refractivity contribution < 1.29 is 23.9 Å². The van der Waals surface area contributed by atoms with E-state index in [0.717, 1.165) is 25.7 Å². The molecule has 2 aromatic carbocycles. The van der Waals surface area contributed by atoms with Crippen molar-refractivity contribution in [1.82, 2.24) is 16.2 Å². The highest BCUT2D eigenvalue weighted by atomic mass is 32.1. The van der Waals surface area contributed by atoms with Gasteiger partial charge in [0.15, 0.2) is 5.11 Å². The molecule has 9 nitrogen and oxygen atoms in total.